The van der Waals surface area contributed by atoms with Gasteiger partial charge in [-0.15, -0.1) is 0 Å². The molecule has 0 aliphatic heterocycles. The molecule has 0 bridgehead atoms. The van der Waals surface area contributed by atoms with Crippen LogP contribution in [0.5, 0.6) is 5.75 Å². The monoisotopic (exact) mass is 253 g/mol. The molecule has 2 aliphatic rings. The van der Waals surface area contributed by atoms with Gasteiger partial charge in [0, 0.05) is 6.04 Å². The summed E-state index contributed by atoms with van der Waals surface area (Å²) in [5.41, 5.74) is 0.931. The minimum atomic E-state index is -2.74. The van der Waals surface area contributed by atoms with Crippen molar-refractivity contribution >= 4 is 0 Å². The van der Waals surface area contributed by atoms with Gasteiger partial charge in [0.1, 0.15) is 5.75 Å². The van der Waals surface area contributed by atoms with Crippen molar-refractivity contribution in [3.63, 3.8) is 0 Å². The lowest BCUT2D eigenvalue weighted by Gasteiger charge is -2.10. The molecule has 1 N–H and O–H groups in total. The van der Waals surface area contributed by atoms with E-state index >= 15 is 0 Å². The molecule has 2 nitrogen and oxygen atoms in total. The Kier molecular flexibility index (Phi) is 3.20. The first-order valence-electron chi connectivity index (χ1n) is 6.51. The van der Waals surface area contributed by atoms with Gasteiger partial charge in [0.25, 0.3) is 0 Å². The summed E-state index contributed by atoms with van der Waals surface area (Å²) in [4.78, 5) is 0. The molecule has 18 heavy (non-hydrogen) atoms. The van der Waals surface area contributed by atoms with Gasteiger partial charge in [-0.1, -0.05) is 18.2 Å². The zero-order chi connectivity index (χ0) is 12.5. The van der Waals surface area contributed by atoms with Crippen LogP contribution in [0.3, 0.4) is 0 Å². The van der Waals surface area contributed by atoms with Gasteiger partial charge in [-0.2, -0.15) is 8.78 Å². The molecule has 0 spiro atoms. The molecular formula is C14H17F2NO. The van der Waals surface area contributed by atoms with Crippen molar-refractivity contribution in [2.75, 3.05) is 6.54 Å². The van der Waals surface area contributed by atoms with Crippen LogP contribution < -0.4 is 10.1 Å². The van der Waals surface area contributed by atoms with E-state index in [2.05, 4.69) is 10.1 Å². The third kappa shape index (κ3) is 2.80. The summed E-state index contributed by atoms with van der Waals surface area (Å²) in [5, 5.41) is 3.49. The van der Waals surface area contributed by atoms with E-state index in [0.717, 1.165) is 18.5 Å². The predicted molar refractivity (Wildman–Crippen MR) is 64.9 cm³/mol. The van der Waals surface area contributed by atoms with E-state index in [1.807, 2.05) is 12.1 Å². The number of para-hydroxylation sites is 1. The molecule has 0 saturated heterocycles. The van der Waals surface area contributed by atoms with Gasteiger partial charge in [-0.25, -0.2) is 0 Å². The molecule has 4 heteroatoms. The molecule has 2 aliphatic carbocycles. The Labute approximate surface area is 105 Å². The molecule has 2 fully saturated rings. The first-order chi connectivity index (χ1) is 8.74. The summed E-state index contributed by atoms with van der Waals surface area (Å²) < 4.78 is 29.2. The quantitative estimate of drug-likeness (QED) is 0.841. The molecule has 2 saturated carbocycles. The van der Waals surface area contributed by atoms with Crippen molar-refractivity contribution in [1.82, 2.24) is 5.32 Å². The van der Waals surface area contributed by atoms with E-state index in [0.29, 0.717) is 23.6 Å². The van der Waals surface area contributed by atoms with Crippen LogP contribution >= 0.6 is 0 Å². The molecule has 98 valence electrons. The normalized spacial score (nSPS) is 26.4. The smallest absolute Gasteiger partial charge is 0.387 e. The lowest BCUT2D eigenvalue weighted by molar-refractivity contribution is -0.0504. The van der Waals surface area contributed by atoms with E-state index in [1.165, 1.54) is 12.8 Å². The number of rotatable bonds is 6. The summed E-state index contributed by atoms with van der Waals surface area (Å²) in [5.74, 6) is 1.30. The summed E-state index contributed by atoms with van der Waals surface area (Å²) in [7, 11) is 0. The van der Waals surface area contributed by atoms with E-state index in [-0.39, 0.29) is 0 Å². The van der Waals surface area contributed by atoms with Gasteiger partial charge in [0.05, 0.1) is 0 Å². The summed E-state index contributed by atoms with van der Waals surface area (Å²) in [6, 6.07) is 7.86. The highest BCUT2D eigenvalue weighted by Gasteiger charge is 2.40. The summed E-state index contributed by atoms with van der Waals surface area (Å²) >= 11 is 0. The van der Waals surface area contributed by atoms with Crippen molar-refractivity contribution in [2.45, 2.75) is 37.8 Å². The number of nitrogens with one attached hydrogen (secondary N) is 1. The SMILES string of the molecule is FC(F)Oc1ccccc1C1CC1CNC1CC1. The highest BCUT2D eigenvalue weighted by atomic mass is 19.3. The van der Waals surface area contributed by atoms with Crippen molar-refractivity contribution < 1.29 is 13.5 Å². The van der Waals surface area contributed by atoms with E-state index in [4.69, 9.17) is 0 Å². The highest BCUT2D eigenvalue weighted by Crippen LogP contribution is 2.50. The number of hydrogen-bond donors (Lipinski definition) is 1. The minimum absolute atomic E-state index is 0.339. The third-order valence-corrected chi connectivity index (χ3v) is 3.70. The maximum Gasteiger partial charge on any atom is 0.387 e. The fraction of sp³-hybridized carbons (Fsp3) is 0.571. The Morgan fingerprint density at radius 2 is 2.06 bits per heavy atom. The molecule has 2 atom stereocenters. The van der Waals surface area contributed by atoms with Gasteiger partial charge in [-0.3, -0.25) is 0 Å². The Morgan fingerprint density at radius 1 is 1.28 bits per heavy atom. The summed E-state index contributed by atoms with van der Waals surface area (Å²) in [6.07, 6.45) is 3.63. The van der Waals surface area contributed by atoms with E-state index in [1.54, 1.807) is 12.1 Å². The second-order valence-electron chi connectivity index (χ2n) is 5.20. The molecular weight excluding hydrogens is 236 g/mol. The topological polar surface area (TPSA) is 21.3 Å². The fourth-order valence-electron chi connectivity index (χ4n) is 2.45. The average molecular weight is 253 g/mol. The summed E-state index contributed by atoms with van der Waals surface area (Å²) in [6.45, 7) is -1.74. The molecule has 0 aromatic heterocycles. The van der Waals surface area contributed by atoms with Gasteiger partial charge in [0.2, 0.25) is 0 Å². The number of benzene rings is 1. The Bertz CT molecular complexity index is 420. The van der Waals surface area contributed by atoms with Crippen molar-refractivity contribution in [1.29, 1.82) is 0 Å². The lowest BCUT2D eigenvalue weighted by Crippen LogP contribution is -2.19. The van der Waals surface area contributed by atoms with Crippen LogP contribution in [-0.4, -0.2) is 19.2 Å². The maximum atomic E-state index is 12.3. The predicted octanol–water partition coefficient (Wildman–Crippen LogP) is 3.14. The largest absolute Gasteiger partial charge is 0.435 e. The number of ether oxygens (including phenoxy) is 1. The maximum absolute atomic E-state index is 12.3. The van der Waals surface area contributed by atoms with Gasteiger partial charge >= 0.3 is 6.61 Å². The molecule has 1 aromatic rings. The molecule has 2 unspecified atom stereocenters. The molecule has 1 aromatic carbocycles. The van der Waals surface area contributed by atoms with Crippen molar-refractivity contribution in [3.8, 4) is 5.75 Å². The van der Waals surface area contributed by atoms with Crippen LogP contribution in [0.2, 0.25) is 0 Å². The van der Waals surface area contributed by atoms with Crippen molar-refractivity contribution in [3.05, 3.63) is 29.8 Å². The van der Waals surface area contributed by atoms with Crippen LogP contribution in [0.25, 0.3) is 0 Å². The standard InChI is InChI=1S/C14H17F2NO/c15-14(16)18-13-4-2-1-3-11(13)12-7-9(12)8-17-10-5-6-10/h1-4,9-10,12,14,17H,5-8H2. The van der Waals surface area contributed by atoms with Gasteiger partial charge in [-0.05, 0) is 49.3 Å². The first kappa shape index (κ1) is 11.9. The first-order valence-corrected chi connectivity index (χ1v) is 6.51. The number of hydrogen-bond acceptors (Lipinski definition) is 2. The van der Waals surface area contributed by atoms with E-state index in [9.17, 15) is 8.78 Å². The van der Waals surface area contributed by atoms with Crippen LogP contribution in [0, 0.1) is 5.92 Å². The van der Waals surface area contributed by atoms with Crippen LogP contribution in [0.15, 0.2) is 24.3 Å². The fourth-order valence-corrected chi connectivity index (χ4v) is 2.45. The highest BCUT2D eigenvalue weighted by molar-refractivity contribution is 5.39. The average Bonchev–Trinajstić information content (AvgIpc) is 3.22. The number of alkyl halides is 2. The van der Waals surface area contributed by atoms with Crippen LogP contribution in [0.1, 0.15) is 30.7 Å². The molecule has 3 rings (SSSR count). The van der Waals surface area contributed by atoms with Gasteiger partial charge in [0.15, 0.2) is 0 Å². The second kappa shape index (κ2) is 4.84. The molecule has 0 radical (unpaired) electrons. The Balaban J connectivity index is 1.61. The zero-order valence-corrected chi connectivity index (χ0v) is 10.1. The minimum Gasteiger partial charge on any atom is -0.435 e. The third-order valence-electron chi connectivity index (χ3n) is 3.70. The van der Waals surface area contributed by atoms with Crippen LogP contribution in [0.4, 0.5) is 8.78 Å². The van der Waals surface area contributed by atoms with Crippen LogP contribution in [-0.2, 0) is 0 Å². The zero-order valence-electron chi connectivity index (χ0n) is 10.1. The molecule has 0 heterocycles. The van der Waals surface area contributed by atoms with Gasteiger partial charge < -0.3 is 10.1 Å². The Hall–Kier alpha value is -1.16. The lowest BCUT2D eigenvalue weighted by atomic mass is 10.1. The molecule has 0 amide bonds. The Morgan fingerprint density at radius 3 is 2.78 bits per heavy atom. The van der Waals surface area contributed by atoms with E-state index < -0.39 is 6.61 Å². The number of halogens is 2. The second-order valence-corrected chi connectivity index (χ2v) is 5.20. The van der Waals surface area contributed by atoms with Crippen molar-refractivity contribution in [2.24, 2.45) is 5.92 Å².